The van der Waals surface area contributed by atoms with Crippen LogP contribution in [-0.2, 0) is 20.7 Å². The van der Waals surface area contributed by atoms with Gasteiger partial charge in [-0.3, -0.25) is 4.79 Å². The first-order chi connectivity index (χ1) is 20.5. The van der Waals surface area contributed by atoms with Gasteiger partial charge in [0, 0.05) is 51.3 Å². The summed E-state index contributed by atoms with van der Waals surface area (Å²) in [7, 11) is 0. The smallest absolute Gasteiger partial charge is 0.227 e. The van der Waals surface area contributed by atoms with Crippen molar-refractivity contribution in [2.75, 3.05) is 83.8 Å². The van der Waals surface area contributed by atoms with Gasteiger partial charge >= 0.3 is 0 Å². The van der Waals surface area contributed by atoms with Crippen LogP contribution in [0.2, 0.25) is 5.02 Å². The standard InChI is InChI=1S/C30H43ClFN5O5/c31-26-19-34-30(35-20-26)36-8-5-23(6-9-36)2-1-11-42-27-4-3-25(28(32)17-27)16-29(39)37-21-24(22-37)18-33-7-12-40-14-15-41-13-10-38/h3-4,17,19-20,23-24,33,38H,1-2,5-16,18,21-22H2. The van der Waals surface area contributed by atoms with Crippen LogP contribution in [-0.4, -0.2) is 105 Å². The van der Waals surface area contributed by atoms with Crippen molar-refractivity contribution < 1.29 is 28.5 Å². The number of benzene rings is 1. The summed E-state index contributed by atoms with van der Waals surface area (Å²) in [5.74, 6) is 1.79. The van der Waals surface area contributed by atoms with E-state index in [9.17, 15) is 9.18 Å². The van der Waals surface area contributed by atoms with Gasteiger partial charge in [0.15, 0.2) is 0 Å². The lowest BCUT2D eigenvalue weighted by atomic mass is 9.92. The van der Waals surface area contributed by atoms with E-state index in [2.05, 4.69) is 20.2 Å². The molecule has 1 aromatic carbocycles. The Labute approximate surface area is 252 Å². The van der Waals surface area contributed by atoms with Gasteiger partial charge < -0.3 is 34.4 Å². The maximum Gasteiger partial charge on any atom is 0.227 e. The fraction of sp³-hybridized carbons (Fsp3) is 0.633. The Balaban J connectivity index is 1.04. The predicted molar refractivity (Wildman–Crippen MR) is 158 cm³/mol. The fourth-order valence-corrected chi connectivity index (χ4v) is 5.33. The van der Waals surface area contributed by atoms with E-state index in [0.29, 0.717) is 74.3 Å². The molecule has 0 atom stereocenters. The summed E-state index contributed by atoms with van der Waals surface area (Å²) in [4.78, 5) is 25.2. The molecule has 2 aromatic rings. The summed E-state index contributed by atoms with van der Waals surface area (Å²) < 4.78 is 31.1. The molecule has 0 saturated carbocycles. The Morgan fingerprint density at radius 3 is 2.50 bits per heavy atom. The summed E-state index contributed by atoms with van der Waals surface area (Å²) in [5, 5.41) is 12.5. The van der Waals surface area contributed by atoms with Crippen LogP contribution >= 0.6 is 11.6 Å². The highest BCUT2D eigenvalue weighted by molar-refractivity contribution is 6.30. The van der Waals surface area contributed by atoms with Crippen molar-refractivity contribution in [2.45, 2.75) is 32.1 Å². The zero-order valence-corrected chi connectivity index (χ0v) is 24.9. The second kappa shape index (κ2) is 17.5. The summed E-state index contributed by atoms with van der Waals surface area (Å²) in [6.07, 6.45) is 7.44. The number of amides is 1. The Kier molecular flexibility index (Phi) is 13.5. The van der Waals surface area contributed by atoms with Crippen LogP contribution in [0.4, 0.5) is 10.3 Å². The number of carbonyl (C=O) groups excluding carboxylic acids is 1. The molecule has 12 heteroatoms. The largest absolute Gasteiger partial charge is 0.493 e. The quantitative estimate of drug-likeness (QED) is 0.247. The summed E-state index contributed by atoms with van der Waals surface area (Å²) in [6.45, 7) is 7.18. The summed E-state index contributed by atoms with van der Waals surface area (Å²) in [6, 6.07) is 4.79. The van der Waals surface area contributed by atoms with Crippen LogP contribution in [0.15, 0.2) is 30.6 Å². The van der Waals surface area contributed by atoms with E-state index in [1.165, 1.54) is 6.07 Å². The number of anilines is 1. The van der Waals surface area contributed by atoms with Crippen molar-refractivity contribution in [2.24, 2.45) is 11.8 Å². The van der Waals surface area contributed by atoms with Gasteiger partial charge in [0.05, 0.1) is 63.5 Å². The lowest BCUT2D eigenvalue weighted by Crippen LogP contribution is -2.53. The molecule has 0 spiro atoms. The number of aliphatic hydroxyl groups is 1. The van der Waals surface area contributed by atoms with Crippen molar-refractivity contribution in [1.82, 2.24) is 20.2 Å². The number of nitrogens with one attached hydrogen (secondary N) is 1. The molecule has 2 saturated heterocycles. The maximum absolute atomic E-state index is 14.7. The molecule has 2 N–H and O–H groups in total. The van der Waals surface area contributed by atoms with Gasteiger partial charge in [-0.2, -0.15) is 0 Å². The van der Waals surface area contributed by atoms with Crippen molar-refractivity contribution >= 4 is 23.5 Å². The number of hydrogen-bond acceptors (Lipinski definition) is 9. The van der Waals surface area contributed by atoms with E-state index in [4.69, 9.17) is 30.9 Å². The third-order valence-corrected chi connectivity index (χ3v) is 7.86. The van der Waals surface area contributed by atoms with Crippen LogP contribution in [0, 0.1) is 17.7 Å². The fourth-order valence-electron chi connectivity index (χ4n) is 5.23. The van der Waals surface area contributed by atoms with Crippen molar-refractivity contribution in [3.05, 3.63) is 47.0 Å². The number of piperidine rings is 1. The van der Waals surface area contributed by atoms with Gasteiger partial charge in [-0.25, -0.2) is 14.4 Å². The molecule has 10 nitrogen and oxygen atoms in total. The minimum Gasteiger partial charge on any atom is -0.493 e. The van der Waals surface area contributed by atoms with Crippen molar-refractivity contribution in [3.8, 4) is 5.75 Å². The molecular weight excluding hydrogens is 565 g/mol. The number of hydrogen-bond donors (Lipinski definition) is 2. The number of ether oxygens (including phenoxy) is 3. The van der Waals surface area contributed by atoms with Gasteiger partial charge in [0.25, 0.3) is 0 Å². The molecule has 1 aromatic heterocycles. The SMILES string of the molecule is O=C(Cc1ccc(OCCCC2CCN(c3ncc(Cl)cn3)CC2)cc1F)N1CC(CNCCOCCOCCO)C1. The topological polar surface area (TPSA) is 109 Å². The molecule has 2 aliphatic heterocycles. The number of rotatable bonds is 18. The Bertz CT molecular complexity index is 1080. The van der Waals surface area contributed by atoms with Crippen LogP contribution in [0.5, 0.6) is 5.75 Å². The minimum atomic E-state index is -0.404. The van der Waals surface area contributed by atoms with Gasteiger partial charge in [-0.05, 0) is 43.2 Å². The number of aliphatic hydroxyl groups excluding tert-OH is 1. The van der Waals surface area contributed by atoms with E-state index >= 15 is 0 Å². The van der Waals surface area contributed by atoms with Gasteiger partial charge in [-0.1, -0.05) is 17.7 Å². The number of halogens is 2. The average molecular weight is 608 g/mol. The molecule has 0 aliphatic carbocycles. The summed E-state index contributed by atoms with van der Waals surface area (Å²) >= 11 is 5.88. The normalized spacial score (nSPS) is 16.1. The number of carbonyl (C=O) groups is 1. The molecule has 4 rings (SSSR count). The van der Waals surface area contributed by atoms with Gasteiger partial charge in [0.2, 0.25) is 11.9 Å². The molecule has 3 heterocycles. The van der Waals surface area contributed by atoms with Gasteiger partial charge in [0.1, 0.15) is 11.6 Å². The molecule has 2 fully saturated rings. The highest BCUT2D eigenvalue weighted by atomic mass is 35.5. The van der Waals surface area contributed by atoms with E-state index < -0.39 is 5.82 Å². The Morgan fingerprint density at radius 1 is 1.05 bits per heavy atom. The van der Waals surface area contributed by atoms with E-state index in [1.54, 1.807) is 29.4 Å². The third kappa shape index (κ3) is 10.6. The first-order valence-electron chi connectivity index (χ1n) is 14.9. The van der Waals surface area contributed by atoms with E-state index in [0.717, 1.165) is 57.8 Å². The molecule has 42 heavy (non-hydrogen) atoms. The first-order valence-corrected chi connectivity index (χ1v) is 15.3. The Morgan fingerprint density at radius 2 is 1.79 bits per heavy atom. The van der Waals surface area contributed by atoms with Crippen LogP contribution in [0.25, 0.3) is 0 Å². The molecule has 2 aliphatic rings. The van der Waals surface area contributed by atoms with Crippen molar-refractivity contribution in [1.29, 1.82) is 0 Å². The average Bonchev–Trinajstić information content (AvgIpc) is 2.97. The van der Waals surface area contributed by atoms with Crippen molar-refractivity contribution in [3.63, 3.8) is 0 Å². The highest BCUT2D eigenvalue weighted by Gasteiger charge is 2.30. The molecule has 0 radical (unpaired) electrons. The number of nitrogens with zero attached hydrogens (tertiary/aromatic N) is 4. The number of aromatic nitrogens is 2. The van der Waals surface area contributed by atoms with Crippen LogP contribution in [0.1, 0.15) is 31.2 Å². The summed E-state index contributed by atoms with van der Waals surface area (Å²) in [5.41, 5.74) is 0.394. The first kappa shape index (κ1) is 32.3. The lowest BCUT2D eigenvalue weighted by molar-refractivity contribution is -0.136. The zero-order valence-electron chi connectivity index (χ0n) is 24.2. The molecular formula is C30H43ClFN5O5. The van der Waals surface area contributed by atoms with Gasteiger partial charge in [-0.15, -0.1) is 0 Å². The maximum atomic E-state index is 14.7. The molecule has 0 bridgehead atoms. The highest BCUT2D eigenvalue weighted by Crippen LogP contribution is 2.25. The Hall–Kier alpha value is -2.57. The van der Waals surface area contributed by atoms with Crippen LogP contribution in [0.3, 0.4) is 0 Å². The molecule has 232 valence electrons. The van der Waals surface area contributed by atoms with E-state index in [-0.39, 0.29) is 18.9 Å². The third-order valence-electron chi connectivity index (χ3n) is 7.67. The lowest BCUT2D eigenvalue weighted by Gasteiger charge is -2.39. The van der Waals surface area contributed by atoms with Crippen LogP contribution < -0.4 is 15.0 Å². The second-order valence-electron chi connectivity index (χ2n) is 10.9. The predicted octanol–water partition coefficient (Wildman–Crippen LogP) is 2.96. The molecule has 1 amide bonds. The second-order valence-corrected chi connectivity index (χ2v) is 11.3. The van der Waals surface area contributed by atoms with E-state index in [1.807, 2.05) is 0 Å². The molecule has 0 unspecified atom stereocenters. The minimum absolute atomic E-state index is 0.0184. The zero-order chi connectivity index (χ0) is 29.6. The number of likely N-dealkylation sites (tertiary alicyclic amines) is 1. The monoisotopic (exact) mass is 607 g/mol.